The van der Waals surface area contributed by atoms with Crippen LogP contribution in [0.25, 0.3) is 10.2 Å². The van der Waals surface area contributed by atoms with Crippen LogP contribution in [-0.4, -0.2) is 11.2 Å². The third-order valence-corrected chi connectivity index (χ3v) is 8.40. The Kier molecular flexibility index (Phi) is 7.23. The number of hydrogen-bond donors (Lipinski definition) is 0. The minimum atomic E-state index is 0.114. The molecule has 7 heteroatoms. The fourth-order valence-corrected chi connectivity index (χ4v) is 6.47. The number of aromatic nitrogens is 1. The predicted octanol–water partition coefficient (Wildman–Crippen LogP) is 9.89. The molecule has 0 radical (unpaired) electrons. The molecule has 5 aromatic rings. The summed E-state index contributed by atoms with van der Waals surface area (Å²) < 4.78 is 2.09. The Balaban J connectivity index is 1.43. The molecule has 0 saturated carbocycles. The second-order valence-corrected chi connectivity index (χ2v) is 11.2. The van der Waals surface area contributed by atoms with Crippen molar-refractivity contribution in [2.75, 3.05) is 0 Å². The first-order valence-corrected chi connectivity index (χ1v) is 13.2. The molecule has 0 aliphatic heterocycles. The molecule has 1 atom stereocenters. The van der Waals surface area contributed by atoms with Crippen molar-refractivity contribution >= 4 is 80.0 Å². The van der Waals surface area contributed by atoms with Gasteiger partial charge in [-0.3, -0.25) is 4.99 Å². The zero-order valence-corrected chi connectivity index (χ0v) is 21.6. The Morgan fingerprint density at radius 2 is 1.53 bits per heavy atom. The van der Waals surface area contributed by atoms with Gasteiger partial charge >= 0.3 is 0 Å². The topological polar surface area (TPSA) is 25.2 Å². The van der Waals surface area contributed by atoms with Gasteiger partial charge in [0.15, 0.2) is 4.34 Å². The van der Waals surface area contributed by atoms with Gasteiger partial charge in [0.1, 0.15) is 0 Å². The van der Waals surface area contributed by atoms with Crippen molar-refractivity contribution in [3.05, 3.63) is 123 Å². The number of benzene rings is 4. The van der Waals surface area contributed by atoms with Gasteiger partial charge in [-0.15, -0.1) is 11.3 Å². The van der Waals surface area contributed by atoms with Crippen molar-refractivity contribution < 1.29 is 0 Å². The summed E-state index contributed by atoms with van der Waals surface area (Å²) >= 11 is 21.8. The van der Waals surface area contributed by atoms with E-state index in [2.05, 4.69) is 47.5 Å². The lowest BCUT2D eigenvalue weighted by Crippen LogP contribution is -1.96. The standard InChI is InChI=1S/C27H17Cl3N2S2/c28-20-9-6-18(7-10-20)26(17-4-2-1-3-5-17)34-27-32-24-13-12-22(15-25(24)33-27)31-16-19-8-11-21(29)14-23(19)30/h1-16,26H/t26-/m1/s1. The van der Waals surface area contributed by atoms with Crippen molar-refractivity contribution in [3.63, 3.8) is 0 Å². The van der Waals surface area contributed by atoms with Crippen LogP contribution < -0.4 is 0 Å². The second kappa shape index (κ2) is 10.5. The van der Waals surface area contributed by atoms with Gasteiger partial charge in [-0.05, 0) is 53.6 Å². The summed E-state index contributed by atoms with van der Waals surface area (Å²) in [6.07, 6.45) is 1.75. The molecule has 2 nitrogen and oxygen atoms in total. The van der Waals surface area contributed by atoms with Gasteiger partial charge in [-0.2, -0.15) is 0 Å². The van der Waals surface area contributed by atoms with E-state index in [-0.39, 0.29) is 5.25 Å². The zero-order chi connectivity index (χ0) is 23.5. The highest BCUT2D eigenvalue weighted by molar-refractivity contribution is 8.01. The van der Waals surface area contributed by atoms with Gasteiger partial charge in [-0.1, -0.05) is 95.1 Å². The first kappa shape index (κ1) is 23.4. The molecule has 168 valence electrons. The maximum Gasteiger partial charge on any atom is 0.152 e. The quantitative estimate of drug-likeness (QED) is 0.158. The average molecular weight is 540 g/mol. The highest BCUT2D eigenvalue weighted by atomic mass is 35.5. The van der Waals surface area contributed by atoms with Crippen molar-refractivity contribution in [1.82, 2.24) is 4.98 Å². The van der Waals surface area contributed by atoms with Crippen LogP contribution in [0.15, 0.2) is 100 Å². The summed E-state index contributed by atoms with van der Waals surface area (Å²) in [5, 5.41) is 2.02. The molecule has 1 heterocycles. The first-order valence-electron chi connectivity index (χ1n) is 10.4. The van der Waals surface area contributed by atoms with Crippen LogP contribution >= 0.6 is 57.9 Å². The molecule has 1 aromatic heterocycles. The fraction of sp³-hybridized carbons (Fsp3) is 0.0370. The van der Waals surface area contributed by atoms with E-state index >= 15 is 0 Å². The SMILES string of the molecule is Clc1ccc([C@H](Sc2nc3ccc(N=Cc4ccc(Cl)cc4Cl)cc3s2)c2ccccc2)cc1. The third-order valence-electron chi connectivity index (χ3n) is 5.16. The fourth-order valence-electron chi connectivity index (χ4n) is 3.47. The van der Waals surface area contributed by atoms with Gasteiger partial charge in [0, 0.05) is 21.8 Å². The summed E-state index contributed by atoms with van der Waals surface area (Å²) in [5.74, 6) is 0. The normalized spacial score (nSPS) is 12.4. The van der Waals surface area contributed by atoms with Gasteiger partial charge in [0.2, 0.25) is 0 Å². The number of thioether (sulfide) groups is 1. The molecular formula is C27H17Cl3N2S2. The summed E-state index contributed by atoms with van der Waals surface area (Å²) in [4.78, 5) is 9.47. The maximum atomic E-state index is 6.26. The van der Waals surface area contributed by atoms with Gasteiger partial charge in [-0.25, -0.2) is 4.98 Å². The number of halogens is 3. The third kappa shape index (κ3) is 5.48. The monoisotopic (exact) mass is 538 g/mol. The van der Waals surface area contributed by atoms with Crippen LogP contribution in [0.5, 0.6) is 0 Å². The Morgan fingerprint density at radius 1 is 0.794 bits per heavy atom. The van der Waals surface area contributed by atoms with Gasteiger partial charge < -0.3 is 0 Å². The first-order chi connectivity index (χ1) is 16.5. The zero-order valence-electron chi connectivity index (χ0n) is 17.7. The number of aliphatic imine (C=N–C) groups is 1. The highest BCUT2D eigenvalue weighted by Gasteiger charge is 2.18. The Bertz CT molecular complexity index is 1470. The molecule has 0 unspecified atom stereocenters. The summed E-state index contributed by atoms with van der Waals surface area (Å²) in [7, 11) is 0. The minimum absolute atomic E-state index is 0.114. The van der Waals surface area contributed by atoms with E-state index in [9.17, 15) is 0 Å². The van der Waals surface area contributed by atoms with Crippen molar-refractivity contribution in [2.45, 2.75) is 9.59 Å². The predicted molar refractivity (Wildman–Crippen MR) is 149 cm³/mol. The van der Waals surface area contributed by atoms with Crippen LogP contribution in [0.2, 0.25) is 15.1 Å². The number of fused-ring (bicyclic) bond motifs is 1. The molecule has 0 bridgehead atoms. The lowest BCUT2D eigenvalue weighted by Gasteiger charge is -2.16. The number of nitrogens with zero attached hydrogens (tertiary/aromatic N) is 2. The Morgan fingerprint density at radius 3 is 2.29 bits per heavy atom. The van der Waals surface area contributed by atoms with E-state index in [1.807, 2.05) is 36.4 Å². The minimum Gasteiger partial charge on any atom is -0.256 e. The van der Waals surface area contributed by atoms with Crippen molar-refractivity contribution in [1.29, 1.82) is 0 Å². The summed E-state index contributed by atoms with van der Waals surface area (Å²) in [6.45, 7) is 0. The molecule has 5 rings (SSSR count). The van der Waals surface area contributed by atoms with Crippen LogP contribution in [0.4, 0.5) is 5.69 Å². The molecular weight excluding hydrogens is 523 g/mol. The number of hydrogen-bond acceptors (Lipinski definition) is 4. The molecule has 0 aliphatic rings. The lowest BCUT2D eigenvalue weighted by molar-refractivity contribution is 1.14. The van der Waals surface area contributed by atoms with Gasteiger partial charge in [0.05, 0.1) is 26.2 Å². The van der Waals surface area contributed by atoms with Crippen molar-refractivity contribution in [3.8, 4) is 0 Å². The van der Waals surface area contributed by atoms with E-state index in [1.54, 1.807) is 41.4 Å². The molecule has 0 fully saturated rings. The Labute approximate surface area is 221 Å². The van der Waals surface area contributed by atoms with E-state index in [0.29, 0.717) is 10.0 Å². The largest absolute Gasteiger partial charge is 0.256 e. The molecule has 0 saturated heterocycles. The van der Waals surface area contributed by atoms with E-state index in [0.717, 1.165) is 30.8 Å². The Hall–Kier alpha value is -2.34. The van der Waals surface area contributed by atoms with Crippen LogP contribution in [-0.2, 0) is 0 Å². The van der Waals surface area contributed by atoms with Crippen molar-refractivity contribution in [2.24, 2.45) is 4.99 Å². The van der Waals surface area contributed by atoms with Crippen LogP contribution in [0.3, 0.4) is 0 Å². The second-order valence-electron chi connectivity index (χ2n) is 7.52. The van der Waals surface area contributed by atoms with E-state index < -0.39 is 0 Å². The lowest BCUT2D eigenvalue weighted by atomic mass is 10.0. The van der Waals surface area contributed by atoms with E-state index in [1.165, 1.54) is 11.1 Å². The number of rotatable bonds is 6. The molecule has 0 amide bonds. The molecule has 34 heavy (non-hydrogen) atoms. The van der Waals surface area contributed by atoms with Crippen LogP contribution in [0.1, 0.15) is 21.9 Å². The maximum absolute atomic E-state index is 6.26. The van der Waals surface area contributed by atoms with Crippen LogP contribution in [0, 0.1) is 0 Å². The van der Waals surface area contributed by atoms with E-state index in [4.69, 9.17) is 39.8 Å². The van der Waals surface area contributed by atoms with Gasteiger partial charge in [0.25, 0.3) is 0 Å². The molecule has 0 aliphatic carbocycles. The summed E-state index contributed by atoms with van der Waals surface area (Å²) in [5.41, 5.74) is 5.03. The number of thiazole rings is 1. The average Bonchev–Trinajstić information content (AvgIpc) is 3.25. The molecule has 0 N–H and O–H groups in total. The highest BCUT2D eigenvalue weighted by Crippen LogP contribution is 2.43. The molecule has 4 aromatic carbocycles. The molecule has 0 spiro atoms. The smallest absolute Gasteiger partial charge is 0.152 e. The summed E-state index contributed by atoms with van der Waals surface area (Å²) in [6, 6.07) is 29.9.